The van der Waals surface area contributed by atoms with E-state index in [1.54, 1.807) is 7.11 Å². The quantitative estimate of drug-likeness (QED) is 0.649. The second-order valence-electron chi connectivity index (χ2n) is 6.40. The van der Waals surface area contributed by atoms with Crippen LogP contribution in [0.2, 0.25) is 0 Å². The predicted molar refractivity (Wildman–Crippen MR) is 106 cm³/mol. The Kier molecular flexibility index (Phi) is 5.03. The largest absolute Gasteiger partial charge is 0.497 e. The maximum absolute atomic E-state index is 6.03. The number of aromatic nitrogens is 1. The van der Waals surface area contributed by atoms with E-state index in [0.717, 1.165) is 35.0 Å². The van der Waals surface area contributed by atoms with Gasteiger partial charge in [0.1, 0.15) is 11.5 Å². The lowest BCUT2D eigenvalue weighted by atomic mass is 10.2. The number of benzene rings is 2. The first-order chi connectivity index (χ1) is 13.3. The molecule has 140 valence electrons. The molecule has 2 aromatic carbocycles. The number of methoxy groups -OCH3 is 1. The minimum atomic E-state index is -0.0962. The Labute approximate surface area is 159 Å². The molecule has 1 aliphatic rings. The van der Waals surface area contributed by atoms with E-state index in [9.17, 15) is 0 Å². The van der Waals surface area contributed by atoms with E-state index >= 15 is 0 Å². The molecule has 27 heavy (non-hydrogen) atoms. The van der Waals surface area contributed by atoms with Crippen LogP contribution in [0.4, 0.5) is 5.69 Å². The molecule has 5 heteroatoms. The van der Waals surface area contributed by atoms with Gasteiger partial charge < -0.3 is 23.7 Å². The van der Waals surface area contributed by atoms with E-state index in [4.69, 9.17) is 14.2 Å². The van der Waals surface area contributed by atoms with Crippen LogP contribution in [0.5, 0.6) is 11.5 Å². The van der Waals surface area contributed by atoms with Gasteiger partial charge in [0, 0.05) is 41.9 Å². The van der Waals surface area contributed by atoms with Crippen LogP contribution in [-0.2, 0) is 4.74 Å². The fourth-order valence-corrected chi connectivity index (χ4v) is 3.40. The average Bonchev–Trinajstić information content (AvgIpc) is 3.38. The van der Waals surface area contributed by atoms with Crippen molar-refractivity contribution in [1.29, 1.82) is 0 Å². The summed E-state index contributed by atoms with van der Waals surface area (Å²) < 4.78 is 19.0. The van der Waals surface area contributed by atoms with E-state index in [1.165, 1.54) is 0 Å². The van der Waals surface area contributed by atoms with Crippen LogP contribution in [-0.4, -0.2) is 31.4 Å². The monoisotopic (exact) mass is 364 g/mol. The van der Waals surface area contributed by atoms with Gasteiger partial charge in [0.05, 0.1) is 20.3 Å². The number of nitrogens with zero attached hydrogens (tertiary/aromatic N) is 2. The summed E-state index contributed by atoms with van der Waals surface area (Å²) in [5.41, 5.74) is 3.32. The van der Waals surface area contributed by atoms with Crippen LogP contribution in [0.25, 0.3) is 5.69 Å². The highest BCUT2D eigenvalue weighted by atomic mass is 16.5. The summed E-state index contributed by atoms with van der Waals surface area (Å²) in [5.74, 6) is 1.74. The summed E-state index contributed by atoms with van der Waals surface area (Å²) in [6.07, 6.45) is 4.09. The third-order valence-corrected chi connectivity index (χ3v) is 4.72. The summed E-state index contributed by atoms with van der Waals surface area (Å²) >= 11 is 0. The minimum Gasteiger partial charge on any atom is -0.497 e. The molecule has 0 bridgehead atoms. The smallest absolute Gasteiger partial charge is 0.158 e. The Balaban J connectivity index is 1.56. The van der Waals surface area contributed by atoms with Crippen LogP contribution in [0.15, 0.2) is 67.0 Å². The van der Waals surface area contributed by atoms with Gasteiger partial charge in [-0.15, -0.1) is 0 Å². The fourth-order valence-electron chi connectivity index (χ4n) is 3.40. The van der Waals surface area contributed by atoms with Crippen LogP contribution in [0.3, 0.4) is 0 Å². The molecule has 0 N–H and O–H groups in total. The molecule has 1 fully saturated rings. The van der Waals surface area contributed by atoms with Gasteiger partial charge in [0.25, 0.3) is 0 Å². The second kappa shape index (κ2) is 7.76. The van der Waals surface area contributed by atoms with Gasteiger partial charge >= 0.3 is 0 Å². The number of ether oxygens (including phenoxy) is 3. The van der Waals surface area contributed by atoms with Gasteiger partial charge in [0.15, 0.2) is 6.23 Å². The maximum Gasteiger partial charge on any atom is 0.158 e. The summed E-state index contributed by atoms with van der Waals surface area (Å²) in [7, 11) is 1.69. The second-order valence-corrected chi connectivity index (χ2v) is 6.40. The van der Waals surface area contributed by atoms with Crippen LogP contribution < -0.4 is 14.4 Å². The highest BCUT2D eigenvalue weighted by Crippen LogP contribution is 2.34. The summed E-state index contributed by atoms with van der Waals surface area (Å²) in [5, 5.41) is 0. The Morgan fingerprint density at radius 3 is 2.67 bits per heavy atom. The molecule has 0 saturated carbocycles. The first kappa shape index (κ1) is 17.5. The van der Waals surface area contributed by atoms with Crippen molar-refractivity contribution in [1.82, 2.24) is 4.57 Å². The normalized spacial score (nSPS) is 16.5. The Morgan fingerprint density at radius 1 is 1.04 bits per heavy atom. The van der Waals surface area contributed by atoms with Gasteiger partial charge in [-0.2, -0.15) is 0 Å². The third kappa shape index (κ3) is 3.64. The molecule has 1 saturated heterocycles. The van der Waals surface area contributed by atoms with Crippen molar-refractivity contribution in [3.05, 3.63) is 72.6 Å². The van der Waals surface area contributed by atoms with Crippen molar-refractivity contribution in [2.24, 2.45) is 0 Å². The molecule has 4 rings (SSSR count). The molecular formula is C22H24N2O3. The molecule has 2 heterocycles. The van der Waals surface area contributed by atoms with Gasteiger partial charge in [-0.3, -0.25) is 0 Å². The van der Waals surface area contributed by atoms with Gasteiger partial charge in [-0.05, 0) is 49.4 Å². The summed E-state index contributed by atoms with van der Waals surface area (Å²) in [4.78, 5) is 2.26. The lowest BCUT2D eigenvalue weighted by Gasteiger charge is -2.25. The van der Waals surface area contributed by atoms with Gasteiger partial charge in [-0.1, -0.05) is 6.07 Å². The predicted octanol–water partition coefficient (Wildman–Crippen LogP) is 4.42. The minimum absolute atomic E-state index is 0.0962. The molecule has 0 unspecified atom stereocenters. The van der Waals surface area contributed by atoms with Gasteiger partial charge in [-0.25, -0.2) is 0 Å². The molecule has 1 aliphatic heterocycles. The number of rotatable bonds is 6. The fraction of sp³-hybridized carbons (Fsp3) is 0.273. The Morgan fingerprint density at radius 2 is 1.89 bits per heavy atom. The zero-order valence-corrected chi connectivity index (χ0v) is 15.7. The molecule has 5 nitrogen and oxygen atoms in total. The third-order valence-electron chi connectivity index (χ3n) is 4.72. The first-order valence-electron chi connectivity index (χ1n) is 9.22. The number of anilines is 1. The van der Waals surface area contributed by atoms with E-state index in [2.05, 4.69) is 46.1 Å². The van der Waals surface area contributed by atoms with Crippen molar-refractivity contribution < 1.29 is 14.2 Å². The summed E-state index contributed by atoms with van der Waals surface area (Å²) in [6, 6.07) is 18.3. The lowest BCUT2D eigenvalue weighted by Crippen LogP contribution is -2.22. The average molecular weight is 364 g/mol. The topological polar surface area (TPSA) is 35.9 Å². The van der Waals surface area contributed by atoms with Crippen molar-refractivity contribution in [2.45, 2.75) is 13.2 Å². The Hall–Kier alpha value is -2.92. The van der Waals surface area contributed by atoms with E-state index in [-0.39, 0.29) is 6.23 Å². The van der Waals surface area contributed by atoms with Crippen molar-refractivity contribution in [3.8, 4) is 17.2 Å². The highest BCUT2D eigenvalue weighted by molar-refractivity contribution is 5.53. The molecule has 1 aromatic heterocycles. The van der Waals surface area contributed by atoms with Crippen LogP contribution >= 0.6 is 0 Å². The molecule has 0 aliphatic carbocycles. The number of hydrogen-bond acceptors (Lipinski definition) is 4. The highest BCUT2D eigenvalue weighted by Gasteiger charge is 2.28. The molecular weight excluding hydrogens is 340 g/mol. The maximum atomic E-state index is 6.03. The number of hydrogen-bond donors (Lipinski definition) is 0. The van der Waals surface area contributed by atoms with E-state index < -0.39 is 0 Å². The van der Waals surface area contributed by atoms with Crippen LogP contribution in [0, 0.1) is 0 Å². The van der Waals surface area contributed by atoms with Gasteiger partial charge in [0.2, 0.25) is 0 Å². The SMILES string of the molecule is CCOc1ccc(-n2ccc([C@H]3OCCN3c3cccc(OC)c3)c2)cc1. The standard InChI is InChI=1S/C22H24N2O3/c1-3-26-20-9-7-18(8-10-20)23-12-11-17(16-23)22-24(13-14-27-22)19-5-4-6-21(15-19)25-2/h4-12,15-16,22H,3,13-14H2,1-2H3/t22-/m1/s1. The molecule has 1 atom stereocenters. The zero-order chi connectivity index (χ0) is 18.6. The van der Waals surface area contributed by atoms with Crippen molar-refractivity contribution in [3.63, 3.8) is 0 Å². The molecule has 3 aromatic rings. The lowest BCUT2D eigenvalue weighted by molar-refractivity contribution is 0.114. The first-order valence-corrected chi connectivity index (χ1v) is 9.22. The van der Waals surface area contributed by atoms with Crippen LogP contribution in [0.1, 0.15) is 18.7 Å². The molecule has 0 radical (unpaired) electrons. The van der Waals surface area contributed by atoms with Crippen molar-refractivity contribution in [2.75, 3.05) is 31.8 Å². The van der Waals surface area contributed by atoms with Crippen molar-refractivity contribution >= 4 is 5.69 Å². The van der Waals surface area contributed by atoms with E-state index in [1.807, 2.05) is 37.3 Å². The zero-order valence-electron chi connectivity index (χ0n) is 15.7. The Bertz CT molecular complexity index is 889. The van der Waals surface area contributed by atoms with E-state index in [0.29, 0.717) is 13.2 Å². The summed E-state index contributed by atoms with van der Waals surface area (Å²) in [6.45, 7) is 4.22. The molecule has 0 spiro atoms. The molecule has 0 amide bonds.